The zero-order valence-corrected chi connectivity index (χ0v) is 6.94. The number of hydrogen-bond donors (Lipinski definition) is 1. The number of nitro groups is 1. The number of benzene rings is 1. The topological polar surface area (TPSA) is 93.0 Å². The molecule has 0 radical (unpaired) electrons. The van der Waals surface area contributed by atoms with Gasteiger partial charge in [-0.1, -0.05) is 0 Å². The predicted molar refractivity (Wildman–Crippen MR) is 47.0 cm³/mol. The highest BCUT2D eigenvalue weighted by atomic mass is 16.6. The van der Waals surface area contributed by atoms with Crippen LogP contribution in [0.4, 0.5) is 11.4 Å². The predicted octanol–water partition coefficient (Wildman–Crippen LogP) is 1.36. The van der Waals surface area contributed by atoms with Gasteiger partial charge in [-0.05, 0) is 13.0 Å². The van der Waals surface area contributed by atoms with Crippen molar-refractivity contribution in [3.8, 4) is 6.07 Å². The van der Waals surface area contributed by atoms with Crippen molar-refractivity contribution in [2.45, 2.75) is 6.92 Å². The molecule has 2 N–H and O–H groups in total. The normalized spacial score (nSPS) is 9.23. The zero-order valence-electron chi connectivity index (χ0n) is 6.94. The first-order valence-electron chi connectivity index (χ1n) is 3.51. The standard InChI is InChI=1S/C8H7N3O2/c1-5-2-7(10)6(4-9)3-8(5)11(12)13/h2-3H,10H2,1H3. The number of anilines is 1. The molecule has 1 rings (SSSR count). The molecule has 0 unspecified atom stereocenters. The second-order valence-corrected chi connectivity index (χ2v) is 2.59. The second kappa shape index (κ2) is 3.11. The van der Waals surface area contributed by atoms with Crippen molar-refractivity contribution in [3.63, 3.8) is 0 Å². The van der Waals surface area contributed by atoms with E-state index >= 15 is 0 Å². The van der Waals surface area contributed by atoms with Gasteiger partial charge in [-0.25, -0.2) is 0 Å². The Labute approximate surface area is 74.5 Å². The van der Waals surface area contributed by atoms with E-state index in [-0.39, 0.29) is 16.9 Å². The number of nitrogens with zero attached hydrogens (tertiary/aromatic N) is 2. The number of rotatable bonds is 1. The summed E-state index contributed by atoms with van der Waals surface area (Å²) in [4.78, 5) is 9.92. The van der Waals surface area contributed by atoms with E-state index in [2.05, 4.69) is 0 Å². The molecule has 0 amide bonds. The summed E-state index contributed by atoms with van der Waals surface area (Å²) in [5.74, 6) is 0. The fraction of sp³-hybridized carbons (Fsp3) is 0.125. The fourth-order valence-electron chi connectivity index (χ4n) is 1.01. The maximum atomic E-state index is 10.5. The van der Waals surface area contributed by atoms with Crippen molar-refractivity contribution >= 4 is 11.4 Å². The molecule has 0 saturated heterocycles. The average Bonchev–Trinajstić information content (AvgIpc) is 2.03. The van der Waals surface area contributed by atoms with Crippen LogP contribution >= 0.6 is 0 Å². The van der Waals surface area contributed by atoms with Gasteiger partial charge in [-0.2, -0.15) is 5.26 Å². The molecule has 1 aromatic carbocycles. The maximum Gasteiger partial charge on any atom is 0.273 e. The minimum Gasteiger partial charge on any atom is -0.398 e. The third-order valence-electron chi connectivity index (χ3n) is 1.69. The maximum absolute atomic E-state index is 10.5. The van der Waals surface area contributed by atoms with E-state index in [1.165, 1.54) is 12.1 Å². The third-order valence-corrected chi connectivity index (χ3v) is 1.69. The van der Waals surface area contributed by atoms with Gasteiger partial charge in [0.05, 0.1) is 16.2 Å². The summed E-state index contributed by atoms with van der Waals surface area (Å²) in [6.07, 6.45) is 0. The van der Waals surface area contributed by atoms with Crippen LogP contribution in [0.2, 0.25) is 0 Å². The van der Waals surface area contributed by atoms with E-state index in [0.717, 1.165) is 0 Å². The van der Waals surface area contributed by atoms with Crippen LogP contribution in [0, 0.1) is 28.4 Å². The first kappa shape index (κ1) is 9.00. The van der Waals surface area contributed by atoms with E-state index < -0.39 is 4.92 Å². The first-order valence-corrected chi connectivity index (χ1v) is 3.51. The molecule has 0 bridgehead atoms. The molecule has 0 heterocycles. The summed E-state index contributed by atoms with van der Waals surface area (Å²) < 4.78 is 0. The average molecular weight is 177 g/mol. The minimum atomic E-state index is -0.532. The van der Waals surface area contributed by atoms with E-state index in [1.807, 2.05) is 0 Å². The number of nitrogens with two attached hydrogens (primary N) is 1. The van der Waals surface area contributed by atoms with Crippen LogP contribution in [0.25, 0.3) is 0 Å². The third kappa shape index (κ3) is 1.56. The van der Waals surface area contributed by atoms with Crippen molar-refractivity contribution < 1.29 is 4.92 Å². The zero-order chi connectivity index (χ0) is 10.0. The van der Waals surface area contributed by atoms with Crippen LogP contribution < -0.4 is 5.73 Å². The lowest BCUT2D eigenvalue weighted by Gasteiger charge is -2.00. The van der Waals surface area contributed by atoms with E-state index in [1.54, 1.807) is 13.0 Å². The molecular weight excluding hydrogens is 170 g/mol. The summed E-state index contributed by atoms with van der Waals surface area (Å²) in [6.45, 7) is 1.58. The summed E-state index contributed by atoms with van der Waals surface area (Å²) in [5.41, 5.74) is 6.24. The quantitative estimate of drug-likeness (QED) is 0.398. The molecule has 0 fully saturated rings. The Morgan fingerprint density at radius 2 is 2.23 bits per heavy atom. The minimum absolute atomic E-state index is 0.0780. The van der Waals surface area contributed by atoms with Gasteiger partial charge in [0.2, 0.25) is 0 Å². The first-order chi connectivity index (χ1) is 6.06. The highest BCUT2D eigenvalue weighted by Gasteiger charge is 2.13. The molecule has 13 heavy (non-hydrogen) atoms. The summed E-state index contributed by atoms with van der Waals surface area (Å²) in [7, 11) is 0. The summed E-state index contributed by atoms with van der Waals surface area (Å²) in [5, 5.41) is 19.0. The summed E-state index contributed by atoms with van der Waals surface area (Å²) in [6, 6.07) is 4.40. The van der Waals surface area contributed by atoms with E-state index in [9.17, 15) is 10.1 Å². The largest absolute Gasteiger partial charge is 0.398 e. The van der Waals surface area contributed by atoms with Gasteiger partial charge in [0.25, 0.3) is 5.69 Å². The highest BCUT2D eigenvalue weighted by molar-refractivity contribution is 5.61. The number of hydrogen-bond acceptors (Lipinski definition) is 4. The Morgan fingerprint density at radius 3 is 2.69 bits per heavy atom. The molecule has 0 aromatic heterocycles. The smallest absolute Gasteiger partial charge is 0.273 e. The van der Waals surface area contributed by atoms with Crippen LogP contribution in [0.5, 0.6) is 0 Å². The molecule has 0 aliphatic heterocycles. The SMILES string of the molecule is Cc1cc(N)c(C#N)cc1[N+](=O)[O-]. The Balaban J connectivity index is 3.41. The Bertz CT molecular complexity index is 407. The van der Waals surface area contributed by atoms with Crippen LogP contribution in [-0.4, -0.2) is 4.92 Å². The molecule has 0 saturated carbocycles. The fourth-order valence-corrected chi connectivity index (χ4v) is 1.01. The number of nitriles is 1. The Kier molecular flexibility index (Phi) is 2.15. The Hall–Kier alpha value is -2.09. The van der Waals surface area contributed by atoms with E-state index in [0.29, 0.717) is 5.56 Å². The van der Waals surface area contributed by atoms with Gasteiger partial charge in [0.15, 0.2) is 0 Å². The Morgan fingerprint density at radius 1 is 1.62 bits per heavy atom. The molecule has 66 valence electrons. The molecule has 0 aliphatic carbocycles. The molecule has 0 aliphatic rings. The van der Waals surface area contributed by atoms with Crippen LogP contribution in [0.1, 0.15) is 11.1 Å². The van der Waals surface area contributed by atoms with Crippen molar-refractivity contribution in [1.29, 1.82) is 5.26 Å². The van der Waals surface area contributed by atoms with Crippen molar-refractivity contribution in [2.75, 3.05) is 5.73 Å². The number of nitro benzene ring substituents is 1. The molecule has 5 nitrogen and oxygen atoms in total. The second-order valence-electron chi connectivity index (χ2n) is 2.59. The monoisotopic (exact) mass is 177 g/mol. The van der Waals surface area contributed by atoms with Gasteiger partial charge in [-0.3, -0.25) is 10.1 Å². The number of nitrogen functional groups attached to an aromatic ring is 1. The van der Waals surface area contributed by atoms with Gasteiger partial charge < -0.3 is 5.73 Å². The highest BCUT2D eigenvalue weighted by Crippen LogP contribution is 2.23. The molecule has 1 aromatic rings. The lowest BCUT2D eigenvalue weighted by molar-refractivity contribution is -0.385. The molecule has 0 spiro atoms. The lowest BCUT2D eigenvalue weighted by atomic mass is 10.1. The lowest BCUT2D eigenvalue weighted by Crippen LogP contribution is -1.96. The van der Waals surface area contributed by atoms with Gasteiger partial charge >= 0.3 is 0 Å². The van der Waals surface area contributed by atoms with Crippen LogP contribution in [0.15, 0.2) is 12.1 Å². The van der Waals surface area contributed by atoms with Gasteiger partial charge in [0, 0.05) is 11.6 Å². The van der Waals surface area contributed by atoms with Crippen molar-refractivity contribution in [3.05, 3.63) is 33.4 Å². The van der Waals surface area contributed by atoms with Crippen molar-refractivity contribution in [1.82, 2.24) is 0 Å². The van der Waals surface area contributed by atoms with Gasteiger partial charge in [0.1, 0.15) is 6.07 Å². The summed E-state index contributed by atoms with van der Waals surface area (Å²) >= 11 is 0. The molecular formula is C8H7N3O2. The van der Waals surface area contributed by atoms with Crippen LogP contribution in [-0.2, 0) is 0 Å². The van der Waals surface area contributed by atoms with Crippen molar-refractivity contribution in [2.24, 2.45) is 0 Å². The van der Waals surface area contributed by atoms with Crippen LogP contribution in [0.3, 0.4) is 0 Å². The number of aryl methyl sites for hydroxylation is 1. The molecule has 0 atom stereocenters. The molecule has 5 heteroatoms. The van der Waals surface area contributed by atoms with Gasteiger partial charge in [-0.15, -0.1) is 0 Å². The van der Waals surface area contributed by atoms with E-state index in [4.69, 9.17) is 11.0 Å².